The van der Waals surface area contributed by atoms with Gasteiger partial charge in [-0.25, -0.2) is 0 Å². The van der Waals surface area contributed by atoms with Crippen LogP contribution in [0.3, 0.4) is 0 Å². The summed E-state index contributed by atoms with van der Waals surface area (Å²) in [6.45, 7) is 5.44. The minimum Gasteiger partial charge on any atom is -0.355 e. The number of nitrogens with one attached hydrogen (secondary N) is 1. The Labute approximate surface area is 111 Å². The van der Waals surface area contributed by atoms with E-state index in [4.69, 9.17) is 5.73 Å². The highest BCUT2D eigenvalue weighted by Gasteiger charge is 2.32. The number of likely N-dealkylation sites (N-methyl/N-ethyl adjacent to an activating group) is 1. The van der Waals surface area contributed by atoms with Crippen molar-refractivity contribution < 1.29 is 4.79 Å². The highest BCUT2D eigenvalue weighted by atomic mass is 16.1. The average molecular weight is 255 g/mol. The largest absolute Gasteiger partial charge is 0.355 e. The molecule has 0 aliphatic heterocycles. The van der Waals surface area contributed by atoms with Gasteiger partial charge in [-0.05, 0) is 38.4 Å². The number of carbonyl (C=O) groups is 1. The van der Waals surface area contributed by atoms with Gasteiger partial charge in [-0.1, -0.05) is 26.2 Å². The Kier molecular flexibility index (Phi) is 6.65. The fourth-order valence-electron chi connectivity index (χ4n) is 2.70. The fraction of sp³-hybridized carbons (Fsp3) is 0.929. The molecule has 0 aromatic carbocycles. The van der Waals surface area contributed by atoms with Gasteiger partial charge in [0.05, 0.1) is 0 Å². The van der Waals surface area contributed by atoms with Crippen molar-refractivity contribution in [2.75, 3.05) is 33.2 Å². The minimum atomic E-state index is 0.0823. The smallest absolute Gasteiger partial charge is 0.220 e. The standard InChI is InChI=1S/C14H29N3O/c1-3-17(2)10-9-16-13(18)11-14(12-15)7-5-4-6-8-14/h3-12,15H2,1-2H3,(H,16,18). The minimum absolute atomic E-state index is 0.0823. The highest BCUT2D eigenvalue weighted by Crippen LogP contribution is 2.38. The van der Waals surface area contributed by atoms with Gasteiger partial charge in [-0.3, -0.25) is 4.79 Å². The van der Waals surface area contributed by atoms with Gasteiger partial charge in [-0.2, -0.15) is 0 Å². The Bertz CT molecular complexity index is 249. The van der Waals surface area contributed by atoms with Crippen molar-refractivity contribution in [3.63, 3.8) is 0 Å². The second kappa shape index (κ2) is 7.74. The lowest BCUT2D eigenvalue weighted by molar-refractivity contribution is -0.123. The molecule has 4 heteroatoms. The lowest BCUT2D eigenvalue weighted by atomic mass is 9.71. The van der Waals surface area contributed by atoms with Crippen molar-refractivity contribution in [3.8, 4) is 0 Å². The van der Waals surface area contributed by atoms with Gasteiger partial charge in [0.1, 0.15) is 0 Å². The van der Waals surface area contributed by atoms with E-state index in [1.54, 1.807) is 0 Å². The quantitative estimate of drug-likeness (QED) is 0.722. The monoisotopic (exact) mass is 255 g/mol. The predicted molar refractivity (Wildman–Crippen MR) is 75.4 cm³/mol. The first-order valence-corrected chi connectivity index (χ1v) is 7.27. The van der Waals surface area contributed by atoms with Crippen LogP contribution < -0.4 is 11.1 Å². The maximum Gasteiger partial charge on any atom is 0.220 e. The second-order valence-corrected chi connectivity index (χ2v) is 5.69. The zero-order valence-corrected chi connectivity index (χ0v) is 12.0. The summed E-state index contributed by atoms with van der Waals surface area (Å²) in [7, 11) is 2.06. The van der Waals surface area contributed by atoms with Crippen LogP contribution in [-0.4, -0.2) is 44.0 Å². The van der Waals surface area contributed by atoms with Crippen molar-refractivity contribution in [1.82, 2.24) is 10.2 Å². The molecule has 0 bridgehead atoms. The van der Waals surface area contributed by atoms with Crippen LogP contribution in [0.4, 0.5) is 0 Å². The summed E-state index contributed by atoms with van der Waals surface area (Å²) in [4.78, 5) is 14.2. The molecular weight excluding hydrogens is 226 g/mol. The molecule has 0 atom stereocenters. The number of nitrogens with zero attached hydrogens (tertiary/aromatic N) is 1. The average Bonchev–Trinajstić information content (AvgIpc) is 2.39. The molecule has 18 heavy (non-hydrogen) atoms. The van der Waals surface area contributed by atoms with Crippen LogP contribution in [0.2, 0.25) is 0 Å². The van der Waals surface area contributed by atoms with Crippen molar-refractivity contribution in [2.45, 2.75) is 45.4 Å². The fourth-order valence-corrected chi connectivity index (χ4v) is 2.70. The molecule has 0 aromatic heterocycles. The van der Waals surface area contributed by atoms with Gasteiger partial charge < -0.3 is 16.0 Å². The molecular formula is C14H29N3O. The highest BCUT2D eigenvalue weighted by molar-refractivity contribution is 5.76. The Hall–Kier alpha value is -0.610. The summed E-state index contributed by atoms with van der Waals surface area (Å²) in [6.07, 6.45) is 6.59. The van der Waals surface area contributed by atoms with E-state index in [9.17, 15) is 4.79 Å². The Balaban J connectivity index is 2.29. The molecule has 0 saturated heterocycles. The van der Waals surface area contributed by atoms with Gasteiger partial charge >= 0.3 is 0 Å². The Morgan fingerprint density at radius 2 is 2.00 bits per heavy atom. The van der Waals surface area contributed by atoms with E-state index in [2.05, 4.69) is 24.2 Å². The predicted octanol–water partition coefficient (Wildman–Crippen LogP) is 1.35. The summed E-state index contributed by atoms with van der Waals surface area (Å²) in [5, 5.41) is 3.02. The van der Waals surface area contributed by atoms with Crippen LogP contribution in [0.5, 0.6) is 0 Å². The molecule has 0 aromatic rings. The SMILES string of the molecule is CCN(C)CCNC(=O)CC1(CN)CCCCC1. The van der Waals surface area contributed by atoms with Gasteiger partial charge in [0.25, 0.3) is 0 Å². The molecule has 106 valence electrons. The van der Waals surface area contributed by atoms with Crippen LogP contribution in [-0.2, 0) is 4.79 Å². The molecule has 0 spiro atoms. The number of hydrogen-bond donors (Lipinski definition) is 2. The molecule has 1 aliphatic rings. The first kappa shape index (κ1) is 15.4. The number of hydrogen-bond acceptors (Lipinski definition) is 3. The lowest BCUT2D eigenvalue weighted by Crippen LogP contribution is -2.40. The summed E-state index contributed by atoms with van der Waals surface area (Å²) in [6, 6.07) is 0. The van der Waals surface area contributed by atoms with Gasteiger partial charge in [0.15, 0.2) is 0 Å². The molecule has 1 amide bonds. The van der Waals surface area contributed by atoms with Crippen LogP contribution >= 0.6 is 0 Å². The third-order valence-corrected chi connectivity index (χ3v) is 4.24. The van der Waals surface area contributed by atoms with Crippen LogP contribution in [0.15, 0.2) is 0 Å². The van der Waals surface area contributed by atoms with E-state index in [1.807, 2.05) is 0 Å². The zero-order chi connectivity index (χ0) is 13.4. The van der Waals surface area contributed by atoms with E-state index in [1.165, 1.54) is 19.3 Å². The molecule has 4 nitrogen and oxygen atoms in total. The van der Waals surface area contributed by atoms with E-state index >= 15 is 0 Å². The maximum atomic E-state index is 12.0. The third kappa shape index (κ3) is 4.94. The van der Waals surface area contributed by atoms with E-state index < -0.39 is 0 Å². The summed E-state index contributed by atoms with van der Waals surface area (Å²) in [5.41, 5.74) is 5.98. The van der Waals surface area contributed by atoms with Gasteiger partial charge in [-0.15, -0.1) is 0 Å². The van der Waals surface area contributed by atoms with Crippen molar-refractivity contribution in [3.05, 3.63) is 0 Å². The molecule has 0 radical (unpaired) electrons. The Morgan fingerprint density at radius 3 is 2.56 bits per heavy atom. The van der Waals surface area contributed by atoms with Gasteiger partial charge in [0, 0.05) is 19.5 Å². The lowest BCUT2D eigenvalue weighted by Gasteiger charge is -2.35. The maximum absolute atomic E-state index is 12.0. The normalized spacial score (nSPS) is 18.9. The Morgan fingerprint density at radius 1 is 1.33 bits per heavy atom. The van der Waals surface area contributed by atoms with E-state index in [0.717, 1.165) is 32.5 Å². The van der Waals surface area contributed by atoms with Crippen molar-refractivity contribution in [2.24, 2.45) is 11.1 Å². The second-order valence-electron chi connectivity index (χ2n) is 5.69. The third-order valence-electron chi connectivity index (χ3n) is 4.24. The zero-order valence-electron chi connectivity index (χ0n) is 12.0. The van der Waals surface area contributed by atoms with Crippen LogP contribution in [0.25, 0.3) is 0 Å². The van der Waals surface area contributed by atoms with E-state index in [0.29, 0.717) is 13.0 Å². The van der Waals surface area contributed by atoms with Crippen molar-refractivity contribution >= 4 is 5.91 Å². The molecule has 1 fully saturated rings. The molecule has 1 saturated carbocycles. The van der Waals surface area contributed by atoms with E-state index in [-0.39, 0.29) is 11.3 Å². The van der Waals surface area contributed by atoms with Crippen LogP contribution in [0.1, 0.15) is 45.4 Å². The molecule has 1 aliphatic carbocycles. The first-order valence-electron chi connectivity index (χ1n) is 7.27. The topological polar surface area (TPSA) is 58.4 Å². The molecule has 0 unspecified atom stereocenters. The van der Waals surface area contributed by atoms with Gasteiger partial charge in [0.2, 0.25) is 5.91 Å². The molecule has 3 N–H and O–H groups in total. The summed E-state index contributed by atoms with van der Waals surface area (Å²) < 4.78 is 0. The summed E-state index contributed by atoms with van der Waals surface area (Å²) >= 11 is 0. The molecule has 0 heterocycles. The number of rotatable bonds is 7. The molecule has 1 rings (SSSR count). The van der Waals surface area contributed by atoms with Crippen LogP contribution in [0, 0.1) is 5.41 Å². The van der Waals surface area contributed by atoms with Crippen molar-refractivity contribution in [1.29, 1.82) is 0 Å². The first-order chi connectivity index (χ1) is 8.62. The number of carbonyl (C=O) groups excluding carboxylic acids is 1. The number of amides is 1. The number of nitrogens with two attached hydrogens (primary N) is 1. The summed E-state index contributed by atoms with van der Waals surface area (Å²) in [5.74, 6) is 0.173.